The van der Waals surface area contributed by atoms with E-state index < -0.39 is 29.8 Å². The second kappa shape index (κ2) is 5.53. The summed E-state index contributed by atoms with van der Waals surface area (Å²) >= 11 is 0. The summed E-state index contributed by atoms with van der Waals surface area (Å²) in [6.07, 6.45) is 0.130. The number of carbonyl (C=O) groups is 3. The summed E-state index contributed by atoms with van der Waals surface area (Å²) in [6.45, 7) is -0.0697. The Morgan fingerprint density at radius 1 is 1.12 bits per heavy atom. The average Bonchev–Trinajstić information content (AvgIpc) is 3.10. The van der Waals surface area contributed by atoms with Crippen LogP contribution in [0.3, 0.4) is 0 Å². The topological polar surface area (TPSA) is 92.7 Å². The van der Waals surface area contributed by atoms with E-state index in [9.17, 15) is 19.5 Å². The molecule has 6 heteroatoms. The lowest BCUT2D eigenvalue weighted by molar-refractivity contribution is -0.170. The number of imide groups is 1. The fourth-order valence-electron chi connectivity index (χ4n) is 3.37. The first-order valence-electron chi connectivity index (χ1n) is 7.92. The van der Waals surface area contributed by atoms with Crippen LogP contribution in [0, 0.1) is 0 Å². The molecule has 1 heterocycles. The van der Waals surface area contributed by atoms with Gasteiger partial charge in [0.05, 0.1) is 6.42 Å². The van der Waals surface area contributed by atoms with Gasteiger partial charge in [-0.3, -0.25) is 14.9 Å². The van der Waals surface area contributed by atoms with Crippen LogP contribution in [0.1, 0.15) is 23.1 Å². The smallest absolute Gasteiger partial charge is 0.349 e. The molecule has 1 atom stereocenters. The molecule has 0 radical (unpaired) electrons. The van der Waals surface area contributed by atoms with Crippen molar-refractivity contribution in [2.45, 2.75) is 25.0 Å². The summed E-state index contributed by atoms with van der Waals surface area (Å²) < 4.78 is 5.16. The minimum atomic E-state index is -2.43. The Kier molecular flexibility index (Phi) is 3.43. The van der Waals surface area contributed by atoms with Crippen molar-refractivity contribution in [3.8, 4) is 11.1 Å². The molecular weight excluding hydrogens is 322 g/mol. The summed E-state index contributed by atoms with van der Waals surface area (Å²) in [6, 6.07) is 13.8. The van der Waals surface area contributed by atoms with Gasteiger partial charge in [0.25, 0.3) is 5.91 Å². The van der Waals surface area contributed by atoms with Crippen molar-refractivity contribution in [1.82, 2.24) is 5.32 Å². The van der Waals surface area contributed by atoms with Gasteiger partial charge in [0.1, 0.15) is 6.61 Å². The van der Waals surface area contributed by atoms with Crippen LogP contribution in [-0.4, -0.2) is 28.5 Å². The van der Waals surface area contributed by atoms with Crippen LogP contribution in [0.5, 0.6) is 0 Å². The zero-order valence-electron chi connectivity index (χ0n) is 13.2. The highest BCUT2D eigenvalue weighted by atomic mass is 16.6. The minimum absolute atomic E-state index is 0.0697. The second-order valence-electron chi connectivity index (χ2n) is 6.27. The molecule has 1 saturated heterocycles. The summed E-state index contributed by atoms with van der Waals surface area (Å²) in [4.78, 5) is 35.0. The van der Waals surface area contributed by atoms with Crippen LogP contribution in [0.15, 0.2) is 42.5 Å². The molecule has 2 aromatic carbocycles. The fraction of sp³-hybridized carbons (Fsp3) is 0.211. The second-order valence-corrected chi connectivity index (χ2v) is 6.27. The monoisotopic (exact) mass is 337 g/mol. The van der Waals surface area contributed by atoms with E-state index in [0.29, 0.717) is 0 Å². The average molecular weight is 337 g/mol. The SMILES string of the molecule is O=C1CC(O)(C(=O)OCc2cccc3c2Cc2ccccc2-3)C(=O)N1. The van der Waals surface area contributed by atoms with Gasteiger partial charge in [-0.2, -0.15) is 0 Å². The molecule has 1 fully saturated rings. The third-order valence-corrected chi connectivity index (χ3v) is 4.69. The van der Waals surface area contributed by atoms with Crippen molar-refractivity contribution >= 4 is 17.8 Å². The van der Waals surface area contributed by atoms with Crippen LogP contribution >= 0.6 is 0 Å². The van der Waals surface area contributed by atoms with Crippen LogP contribution in [0.25, 0.3) is 11.1 Å². The lowest BCUT2D eigenvalue weighted by Crippen LogP contribution is -2.46. The first-order valence-corrected chi connectivity index (χ1v) is 7.92. The van der Waals surface area contributed by atoms with E-state index in [1.165, 1.54) is 5.56 Å². The molecule has 0 aromatic heterocycles. The molecule has 2 N–H and O–H groups in total. The molecule has 1 aliphatic carbocycles. The third kappa shape index (κ3) is 2.42. The van der Waals surface area contributed by atoms with Crippen molar-refractivity contribution in [3.05, 3.63) is 59.2 Å². The lowest BCUT2D eigenvalue weighted by Gasteiger charge is -2.17. The predicted octanol–water partition coefficient (Wildman–Crippen LogP) is 1.08. The van der Waals surface area contributed by atoms with Gasteiger partial charge in [-0.15, -0.1) is 0 Å². The molecular formula is C19H15NO5. The first-order chi connectivity index (χ1) is 12.0. The van der Waals surface area contributed by atoms with Gasteiger partial charge in [-0.1, -0.05) is 42.5 Å². The standard InChI is InChI=1S/C19H15NO5/c21-16-9-19(24,17(22)20-16)18(23)25-10-12-5-3-7-14-13-6-2-1-4-11(13)8-15(12)14/h1-7,24H,8-10H2,(H,20,21,22). The van der Waals surface area contributed by atoms with Gasteiger partial charge >= 0.3 is 5.97 Å². The van der Waals surface area contributed by atoms with Crippen molar-refractivity contribution in [2.24, 2.45) is 0 Å². The molecule has 1 aliphatic heterocycles. The Morgan fingerprint density at radius 3 is 2.64 bits per heavy atom. The van der Waals surface area contributed by atoms with Gasteiger partial charge in [-0.05, 0) is 34.2 Å². The lowest BCUT2D eigenvalue weighted by atomic mass is 10.0. The molecule has 4 rings (SSSR count). The van der Waals surface area contributed by atoms with Crippen LogP contribution in [-0.2, 0) is 32.1 Å². The normalized spacial score (nSPS) is 20.8. The molecule has 25 heavy (non-hydrogen) atoms. The van der Waals surface area contributed by atoms with Crippen molar-refractivity contribution in [1.29, 1.82) is 0 Å². The summed E-state index contributed by atoms with van der Waals surface area (Å²) in [5, 5.41) is 12.0. The molecule has 2 aromatic rings. The van der Waals surface area contributed by atoms with Crippen LogP contribution in [0.4, 0.5) is 0 Å². The molecule has 0 bridgehead atoms. The van der Waals surface area contributed by atoms with Gasteiger partial charge in [0.15, 0.2) is 0 Å². The summed E-state index contributed by atoms with van der Waals surface area (Å²) in [5.74, 6) is -2.84. The van der Waals surface area contributed by atoms with Gasteiger partial charge in [0, 0.05) is 0 Å². The summed E-state index contributed by atoms with van der Waals surface area (Å²) in [5.41, 5.74) is 2.90. The van der Waals surface area contributed by atoms with E-state index in [1.54, 1.807) is 0 Å². The maximum absolute atomic E-state index is 12.1. The van der Waals surface area contributed by atoms with Gasteiger partial charge in [-0.25, -0.2) is 4.79 Å². The highest BCUT2D eigenvalue weighted by molar-refractivity contribution is 6.18. The van der Waals surface area contributed by atoms with E-state index in [0.717, 1.165) is 28.7 Å². The van der Waals surface area contributed by atoms with Crippen molar-refractivity contribution in [2.75, 3.05) is 0 Å². The number of carbonyl (C=O) groups excluding carboxylic acids is 3. The van der Waals surface area contributed by atoms with Crippen molar-refractivity contribution in [3.63, 3.8) is 0 Å². The minimum Gasteiger partial charge on any atom is -0.458 e. The van der Waals surface area contributed by atoms with Gasteiger partial charge in [0.2, 0.25) is 11.5 Å². The number of aliphatic hydroxyl groups is 1. The summed E-state index contributed by atoms with van der Waals surface area (Å²) in [7, 11) is 0. The molecule has 0 saturated carbocycles. The van der Waals surface area contributed by atoms with Crippen LogP contribution < -0.4 is 5.32 Å². The first kappa shape index (κ1) is 15.5. The zero-order chi connectivity index (χ0) is 17.6. The number of hydrogen-bond acceptors (Lipinski definition) is 5. The highest BCUT2D eigenvalue weighted by Gasteiger charge is 2.53. The maximum Gasteiger partial charge on any atom is 0.349 e. The van der Waals surface area contributed by atoms with Gasteiger partial charge < -0.3 is 9.84 Å². The molecule has 2 amide bonds. The van der Waals surface area contributed by atoms with E-state index in [1.807, 2.05) is 41.7 Å². The largest absolute Gasteiger partial charge is 0.458 e. The fourth-order valence-corrected chi connectivity index (χ4v) is 3.37. The Bertz CT molecular complexity index is 920. The third-order valence-electron chi connectivity index (χ3n) is 4.69. The van der Waals surface area contributed by atoms with E-state index in [2.05, 4.69) is 6.07 Å². The molecule has 6 nitrogen and oxygen atoms in total. The van der Waals surface area contributed by atoms with Crippen LogP contribution in [0.2, 0.25) is 0 Å². The van der Waals surface area contributed by atoms with Crippen molar-refractivity contribution < 1.29 is 24.2 Å². The highest BCUT2D eigenvalue weighted by Crippen LogP contribution is 2.38. The Balaban J connectivity index is 1.55. The number of fused-ring (bicyclic) bond motifs is 3. The zero-order valence-corrected chi connectivity index (χ0v) is 13.2. The molecule has 126 valence electrons. The number of nitrogens with one attached hydrogen (secondary N) is 1. The number of ether oxygens (including phenoxy) is 1. The Morgan fingerprint density at radius 2 is 1.88 bits per heavy atom. The maximum atomic E-state index is 12.1. The quantitative estimate of drug-likeness (QED) is 0.424. The Hall–Kier alpha value is -2.99. The molecule has 0 spiro atoms. The molecule has 1 unspecified atom stereocenters. The molecule has 2 aliphatic rings. The number of amides is 2. The number of esters is 1. The Labute approximate surface area is 143 Å². The predicted molar refractivity (Wildman–Crippen MR) is 87.2 cm³/mol. The van der Waals surface area contributed by atoms with E-state index >= 15 is 0 Å². The van der Waals surface area contributed by atoms with E-state index in [4.69, 9.17) is 4.74 Å². The number of benzene rings is 2. The van der Waals surface area contributed by atoms with E-state index in [-0.39, 0.29) is 6.61 Å². The number of rotatable bonds is 3. The number of hydrogen-bond donors (Lipinski definition) is 2.